The Morgan fingerprint density at radius 1 is 1.35 bits per heavy atom. The molecule has 0 bridgehead atoms. The molecule has 17 heavy (non-hydrogen) atoms. The van der Waals surface area contributed by atoms with E-state index in [1.165, 1.54) is 26.2 Å². The maximum Gasteiger partial charge on any atom is 0.245 e. The summed E-state index contributed by atoms with van der Waals surface area (Å²) in [5, 5.41) is 11.3. The molecule has 1 rings (SSSR count). The number of nitrogens with one attached hydrogen (secondary N) is 1. The molecule has 5 nitrogen and oxygen atoms in total. The normalized spacial score (nSPS) is 18.1. The first kappa shape index (κ1) is 13.7. The number of likely N-dealkylation sites (tertiary alicyclic amines) is 1. The van der Waals surface area contributed by atoms with Crippen molar-refractivity contribution >= 4 is 11.7 Å². The van der Waals surface area contributed by atoms with Crippen LogP contribution >= 0.6 is 0 Å². The number of Topliss-reactive ketones (excluding diaryl/α,β-unsaturated/α-hetero) is 1. The summed E-state index contributed by atoms with van der Waals surface area (Å²) in [6, 6.07) is 1.71. The van der Waals surface area contributed by atoms with Crippen molar-refractivity contribution in [1.29, 1.82) is 5.26 Å². The highest BCUT2D eigenvalue weighted by atomic mass is 16.2. The second-order valence-corrected chi connectivity index (χ2v) is 4.37. The number of hydrogen-bond donors (Lipinski definition) is 1. The Bertz CT molecular complexity index is 316. The van der Waals surface area contributed by atoms with E-state index in [2.05, 4.69) is 10.2 Å². The maximum atomic E-state index is 11.5. The third-order valence-corrected chi connectivity index (χ3v) is 2.97. The number of ketones is 1. The molecule has 1 saturated heterocycles. The van der Waals surface area contributed by atoms with E-state index >= 15 is 0 Å². The van der Waals surface area contributed by atoms with Gasteiger partial charge in [-0.15, -0.1) is 0 Å². The molecule has 1 aliphatic heterocycles. The molecule has 1 amide bonds. The van der Waals surface area contributed by atoms with Gasteiger partial charge in [0.15, 0.2) is 11.7 Å². The molecule has 0 aromatic heterocycles. The molecule has 1 aliphatic rings. The van der Waals surface area contributed by atoms with Crippen LogP contribution in [-0.4, -0.2) is 42.8 Å². The van der Waals surface area contributed by atoms with Crippen molar-refractivity contribution in [1.82, 2.24) is 10.2 Å². The van der Waals surface area contributed by atoms with Crippen LogP contribution in [-0.2, 0) is 9.59 Å². The quantitative estimate of drug-likeness (QED) is 0.699. The third kappa shape index (κ3) is 4.53. The van der Waals surface area contributed by atoms with Gasteiger partial charge in [-0.3, -0.25) is 9.59 Å². The Hall–Kier alpha value is -1.41. The largest absolute Gasteiger partial charge is 0.353 e. The molecular formula is C12H19N3O2. The van der Waals surface area contributed by atoms with Crippen LogP contribution in [0, 0.1) is 17.2 Å². The number of nitriles is 1. The predicted molar refractivity (Wildman–Crippen MR) is 63.1 cm³/mol. The zero-order chi connectivity index (χ0) is 12.7. The van der Waals surface area contributed by atoms with Crippen molar-refractivity contribution in [2.45, 2.75) is 26.2 Å². The third-order valence-electron chi connectivity index (χ3n) is 2.97. The van der Waals surface area contributed by atoms with Crippen LogP contribution in [0.4, 0.5) is 0 Å². The molecule has 94 valence electrons. The Morgan fingerprint density at radius 3 is 2.53 bits per heavy atom. The van der Waals surface area contributed by atoms with E-state index in [1.54, 1.807) is 6.07 Å². The Balaban J connectivity index is 2.23. The second kappa shape index (κ2) is 7.02. The van der Waals surface area contributed by atoms with Gasteiger partial charge in [0, 0.05) is 13.1 Å². The van der Waals surface area contributed by atoms with E-state index in [0.29, 0.717) is 6.54 Å². The first-order valence-corrected chi connectivity index (χ1v) is 6.05. The van der Waals surface area contributed by atoms with Gasteiger partial charge < -0.3 is 10.2 Å². The molecule has 0 aromatic rings. The lowest BCUT2D eigenvalue weighted by Crippen LogP contribution is -2.40. The van der Waals surface area contributed by atoms with Crippen LogP contribution in [0.1, 0.15) is 26.2 Å². The van der Waals surface area contributed by atoms with E-state index in [9.17, 15) is 9.59 Å². The van der Waals surface area contributed by atoms with Crippen molar-refractivity contribution in [3.63, 3.8) is 0 Å². The molecule has 1 fully saturated rings. The van der Waals surface area contributed by atoms with Crippen molar-refractivity contribution in [3.8, 4) is 6.07 Å². The molecule has 1 heterocycles. The summed E-state index contributed by atoms with van der Waals surface area (Å²) >= 11 is 0. The van der Waals surface area contributed by atoms with Gasteiger partial charge in [-0.2, -0.15) is 5.26 Å². The molecule has 1 unspecified atom stereocenters. The second-order valence-electron chi connectivity index (χ2n) is 4.37. The molecule has 0 spiro atoms. The number of carbonyl (C=O) groups is 2. The minimum Gasteiger partial charge on any atom is -0.353 e. The fourth-order valence-electron chi connectivity index (χ4n) is 1.96. The summed E-state index contributed by atoms with van der Waals surface area (Å²) in [5.41, 5.74) is 0. The molecule has 1 atom stereocenters. The van der Waals surface area contributed by atoms with E-state index in [-0.39, 0.29) is 0 Å². The van der Waals surface area contributed by atoms with Crippen LogP contribution in [0.2, 0.25) is 0 Å². The average molecular weight is 237 g/mol. The number of nitrogens with zero attached hydrogens (tertiary/aromatic N) is 2. The first-order chi connectivity index (χ1) is 8.15. The number of rotatable bonds is 5. The lowest BCUT2D eigenvalue weighted by Gasteiger charge is -2.26. The van der Waals surface area contributed by atoms with Crippen molar-refractivity contribution < 1.29 is 9.59 Å². The number of piperidine rings is 1. The van der Waals surface area contributed by atoms with E-state index < -0.39 is 17.6 Å². The van der Waals surface area contributed by atoms with Crippen LogP contribution in [0.15, 0.2) is 0 Å². The monoisotopic (exact) mass is 237 g/mol. The summed E-state index contributed by atoms with van der Waals surface area (Å²) < 4.78 is 0. The van der Waals surface area contributed by atoms with E-state index in [1.807, 2.05) is 0 Å². The highest BCUT2D eigenvalue weighted by molar-refractivity contribution is 6.02. The molecule has 5 heteroatoms. The highest BCUT2D eigenvalue weighted by Gasteiger charge is 2.22. The van der Waals surface area contributed by atoms with Crippen LogP contribution in [0.3, 0.4) is 0 Å². The standard InChI is InChI=1S/C12H19N3O2/c1-10(16)11(9-13)12(17)14-5-8-15-6-3-2-4-7-15/h11H,2-8H2,1H3,(H,14,17). The topological polar surface area (TPSA) is 73.2 Å². The molecule has 0 aromatic carbocycles. The summed E-state index contributed by atoms with van der Waals surface area (Å²) in [6.07, 6.45) is 3.70. The van der Waals surface area contributed by atoms with Crippen LogP contribution in [0.5, 0.6) is 0 Å². The molecular weight excluding hydrogens is 218 g/mol. The van der Waals surface area contributed by atoms with Crippen LogP contribution < -0.4 is 5.32 Å². The highest BCUT2D eigenvalue weighted by Crippen LogP contribution is 2.07. The van der Waals surface area contributed by atoms with Gasteiger partial charge in [0.05, 0.1) is 6.07 Å². The summed E-state index contributed by atoms with van der Waals surface area (Å²) in [7, 11) is 0. The number of carbonyl (C=O) groups excluding carboxylic acids is 2. The Kier molecular flexibility index (Phi) is 5.64. The number of hydrogen-bond acceptors (Lipinski definition) is 4. The molecule has 0 saturated carbocycles. The van der Waals surface area contributed by atoms with Gasteiger partial charge in [0.2, 0.25) is 5.91 Å². The van der Waals surface area contributed by atoms with E-state index in [4.69, 9.17) is 5.26 Å². The lowest BCUT2D eigenvalue weighted by atomic mass is 10.1. The summed E-state index contributed by atoms with van der Waals surface area (Å²) in [4.78, 5) is 24.8. The minimum atomic E-state index is -1.16. The van der Waals surface area contributed by atoms with Gasteiger partial charge in [0.25, 0.3) is 0 Å². The predicted octanol–water partition coefficient (Wildman–Crippen LogP) is 0.317. The first-order valence-electron chi connectivity index (χ1n) is 6.05. The van der Waals surface area contributed by atoms with E-state index in [0.717, 1.165) is 19.6 Å². The average Bonchev–Trinajstić information content (AvgIpc) is 2.30. The SMILES string of the molecule is CC(=O)C(C#N)C(=O)NCCN1CCCCC1. The Labute approximate surface area is 102 Å². The fraction of sp³-hybridized carbons (Fsp3) is 0.750. The molecule has 1 N–H and O–H groups in total. The van der Waals surface area contributed by atoms with Gasteiger partial charge in [-0.05, 0) is 32.9 Å². The van der Waals surface area contributed by atoms with Gasteiger partial charge >= 0.3 is 0 Å². The van der Waals surface area contributed by atoms with Crippen molar-refractivity contribution in [2.24, 2.45) is 5.92 Å². The molecule has 0 radical (unpaired) electrons. The summed E-state index contributed by atoms with van der Waals surface area (Å²) in [5.74, 6) is -2.03. The lowest BCUT2D eigenvalue weighted by molar-refractivity contribution is -0.130. The van der Waals surface area contributed by atoms with Gasteiger partial charge in [0.1, 0.15) is 0 Å². The Morgan fingerprint density at radius 2 is 2.00 bits per heavy atom. The van der Waals surface area contributed by atoms with Crippen LogP contribution in [0.25, 0.3) is 0 Å². The zero-order valence-electron chi connectivity index (χ0n) is 10.2. The van der Waals surface area contributed by atoms with Crippen molar-refractivity contribution in [2.75, 3.05) is 26.2 Å². The minimum absolute atomic E-state index is 0.400. The maximum absolute atomic E-state index is 11.5. The van der Waals surface area contributed by atoms with Gasteiger partial charge in [-0.25, -0.2) is 0 Å². The summed E-state index contributed by atoms with van der Waals surface area (Å²) in [6.45, 7) is 4.71. The number of amides is 1. The van der Waals surface area contributed by atoms with Gasteiger partial charge in [-0.1, -0.05) is 6.42 Å². The molecule has 0 aliphatic carbocycles. The smallest absolute Gasteiger partial charge is 0.245 e. The fourth-order valence-corrected chi connectivity index (χ4v) is 1.96. The zero-order valence-corrected chi connectivity index (χ0v) is 10.2. The van der Waals surface area contributed by atoms with Crippen molar-refractivity contribution in [3.05, 3.63) is 0 Å².